The number of nitro groups is 1. The zero-order valence-electron chi connectivity index (χ0n) is 15.6. The third-order valence-corrected chi connectivity index (χ3v) is 3.78. The first-order chi connectivity index (χ1) is 12.8. The summed E-state index contributed by atoms with van der Waals surface area (Å²) in [4.78, 5) is 48.8. The van der Waals surface area contributed by atoms with Crippen molar-refractivity contribution < 1.29 is 24.0 Å². The molecule has 1 aromatic rings. The summed E-state index contributed by atoms with van der Waals surface area (Å²) in [5.74, 6) is -1.54. The number of carbonyl (C=O) groups is 3. The summed E-state index contributed by atoms with van der Waals surface area (Å²) in [5, 5.41) is 10.9. The minimum absolute atomic E-state index is 0.107. The van der Waals surface area contributed by atoms with Crippen LogP contribution in [-0.4, -0.2) is 65.8 Å². The molecule has 9 nitrogen and oxygen atoms in total. The molecule has 0 atom stereocenters. The van der Waals surface area contributed by atoms with E-state index >= 15 is 0 Å². The highest BCUT2D eigenvalue weighted by atomic mass is 16.6. The molecule has 0 aliphatic carbocycles. The second kappa shape index (κ2) is 10.7. The number of likely N-dealkylation sites (N-methyl/N-ethyl adjacent to an activating group) is 2. The third-order valence-electron chi connectivity index (χ3n) is 3.78. The Morgan fingerprint density at radius 3 is 2.37 bits per heavy atom. The van der Waals surface area contributed by atoms with E-state index in [1.165, 1.54) is 36.2 Å². The van der Waals surface area contributed by atoms with Crippen molar-refractivity contribution in [3.8, 4) is 0 Å². The van der Waals surface area contributed by atoms with Crippen LogP contribution >= 0.6 is 0 Å². The maximum absolute atomic E-state index is 12.0. The van der Waals surface area contributed by atoms with Crippen molar-refractivity contribution >= 4 is 29.5 Å². The highest BCUT2D eigenvalue weighted by molar-refractivity contribution is 5.90. The molecule has 0 spiro atoms. The fourth-order valence-corrected chi connectivity index (χ4v) is 2.21. The van der Waals surface area contributed by atoms with Crippen molar-refractivity contribution in [2.75, 3.05) is 33.3 Å². The van der Waals surface area contributed by atoms with Crippen LogP contribution in [0.2, 0.25) is 0 Å². The summed E-state index contributed by atoms with van der Waals surface area (Å²) in [5.41, 5.74) is 0.0972. The van der Waals surface area contributed by atoms with E-state index in [1.54, 1.807) is 11.0 Å². The fraction of sp³-hybridized carbons (Fsp3) is 0.389. The van der Waals surface area contributed by atoms with E-state index in [2.05, 4.69) is 0 Å². The van der Waals surface area contributed by atoms with Crippen LogP contribution in [-0.2, 0) is 19.1 Å². The van der Waals surface area contributed by atoms with Gasteiger partial charge in [-0.05, 0) is 26.0 Å². The summed E-state index contributed by atoms with van der Waals surface area (Å²) >= 11 is 0. The molecule has 0 aliphatic heterocycles. The summed E-state index contributed by atoms with van der Waals surface area (Å²) in [7, 11) is 1.45. The fourth-order valence-electron chi connectivity index (χ4n) is 2.21. The highest BCUT2D eigenvalue weighted by Gasteiger charge is 2.17. The number of ether oxygens (including phenoxy) is 1. The van der Waals surface area contributed by atoms with Crippen LogP contribution in [0.4, 0.5) is 5.69 Å². The Hall–Kier alpha value is -3.23. The van der Waals surface area contributed by atoms with Crippen LogP contribution in [0.25, 0.3) is 6.08 Å². The van der Waals surface area contributed by atoms with Crippen LogP contribution in [0.15, 0.2) is 30.3 Å². The quantitative estimate of drug-likeness (QED) is 0.279. The van der Waals surface area contributed by atoms with Crippen molar-refractivity contribution in [2.45, 2.75) is 13.8 Å². The number of benzene rings is 1. The second-order valence-electron chi connectivity index (χ2n) is 5.57. The average molecular weight is 377 g/mol. The first-order valence-corrected chi connectivity index (χ1v) is 8.40. The predicted octanol–water partition coefficient (Wildman–Crippen LogP) is 1.48. The first-order valence-electron chi connectivity index (χ1n) is 8.40. The lowest BCUT2D eigenvalue weighted by molar-refractivity contribution is -0.385. The topological polar surface area (TPSA) is 110 Å². The van der Waals surface area contributed by atoms with Gasteiger partial charge in [-0.25, -0.2) is 4.79 Å². The third kappa shape index (κ3) is 6.89. The molecule has 2 amide bonds. The first kappa shape index (κ1) is 21.8. The molecule has 0 N–H and O–H groups in total. The molecule has 0 saturated carbocycles. The molecule has 0 saturated heterocycles. The van der Waals surface area contributed by atoms with Crippen molar-refractivity contribution in [1.82, 2.24) is 9.80 Å². The highest BCUT2D eigenvalue weighted by Crippen LogP contribution is 2.18. The molecule has 0 radical (unpaired) electrons. The second-order valence-corrected chi connectivity index (χ2v) is 5.57. The number of carbonyl (C=O) groups excluding carboxylic acids is 3. The Bertz CT molecular complexity index is 728. The van der Waals surface area contributed by atoms with E-state index in [4.69, 9.17) is 4.74 Å². The Morgan fingerprint density at radius 1 is 1.15 bits per heavy atom. The SMILES string of the molecule is CCN(CC)C(=O)CN(C)C(=O)COC(=O)/C=C/c1ccccc1[N+](=O)[O-]. The zero-order valence-corrected chi connectivity index (χ0v) is 15.6. The lowest BCUT2D eigenvalue weighted by atomic mass is 10.1. The molecular formula is C18H23N3O6. The maximum Gasteiger partial charge on any atom is 0.331 e. The molecule has 27 heavy (non-hydrogen) atoms. The molecule has 0 aromatic heterocycles. The van der Waals surface area contributed by atoms with Crippen LogP contribution in [0.3, 0.4) is 0 Å². The molecule has 0 aliphatic rings. The molecular weight excluding hydrogens is 354 g/mol. The van der Waals surface area contributed by atoms with Crippen molar-refractivity contribution in [1.29, 1.82) is 0 Å². The van der Waals surface area contributed by atoms with E-state index in [0.29, 0.717) is 13.1 Å². The number of nitro benzene ring substituents is 1. The number of para-hydroxylation sites is 1. The van der Waals surface area contributed by atoms with E-state index in [9.17, 15) is 24.5 Å². The smallest absolute Gasteiger partial charge is 0.331 e. The summed E-state index contributed by atoms with van der Waals surface area (Å²) in [6.07, 6.45) is 2.26. The minimum Gasteiger partial charge on any atom is -0.452 e. The lowest BCUT2D eigenvalue weighted by Gasteiger charge is -2.23. The van der Waals surface area contributed by atoms with Gasteiger partial charge in [-0.1, -0.05) is 12.1 Å². The Kier molecular flexibility index (Phi) is 8.64. The number of hydrogen-bond donors (Lipinski definition) is 0. The number of esters is 1. The Labute approximate surface area is 157 Å². The van der Waals surface area contributed by atoms with Gasteiger partial charge in [-0.3, -0.25) is 19.7 Å². The molecule has 9 heteroatoms. The van der Waals surface area contributed by atoms with Crippen molar-refractivity contribution in [3.05, 3.63) is 46.0 Å². The number of amides is 2. The minimum atomic E-state index is -0.815. The zero-order chi connectivity index (χ0) is 20.4. The van der Waals surface area contributed by atoms with Gasteiger partial charge in [0.15, 0.2) is 6.61 Å². The van der Waals surface area contributed by atoms with Gasteiger partial charge in [-0.2, -0.15) is 0 Å². The standard InChI is InChI=1S/C18H23N3O6/c1-4-20(5-2)16(22)12-19(3)17(23)13-27-18(24)11-10-14-8-6-7-9-15(14)21(25)26/h6-11H,4-5,12-13H2,1-3H3/b11-10+. The summed E-state index contributed by atoms with van der Waals surface area (Å²) < 4.78 is 4.83. The van der Waals surface area contributed by atoms with Crippen LogP contribution < -0.4 is 0 Å². The van der Waals surface area contributed by atoms with Gasteiger partial charge >= 0.3 is 5.97 Å². The summed E-state index contributed by atoms with van der Waals surface area (Å²) in [6, 6.07) is 5.92. The van der Waals surface area contributed by atoms with E-state index in [1.807, 2.05) is 13.8 Å². The van der Waals surface area contributed by atoms with Crippen LogP contribution in [0.1, 0.15) is 19.4 Å². The molecule has 146 valence electrons. The Balaban J connectivity index is 2.55. The molecule has 1 aromatic carbocycles. The molecule has 0 heterocycles. The molecule has 0 bridgehead atoms. The lowest BCUT2D eigenvalue weighted by Crippen LogP contribution is -2.42. The van der Waals surface area contributed by atoms with Gasteiger partial charge in [0, 0.05) is 32.3 Å². The average Bonchev–Trinajstić information content (AvgIpc) is 2.65. The van der Waals surface area contributed by atoms with Gasteiger partial charge < -0.3 is 14.5 Å². The van der Waals surface area contributed by atoms with Crippen molar-refractivity contribution in [3.63, 3.8) is 0 Å². The predicted molar refractivity (Wildman–Crippen MR) is 98.7 cm³/mol. The van der Waals surface area contributed by atoms with Gasteiger partial charge in [0.1, 0.15) is 0 Å². The number of hydrogen-bond acceptors (Lipinski definition) is 6. The number of nitrogens with zero attached hydrogens (tertiary/aromatic N) is 3. The summed E-state index contributed by atoms with van der Waals surface area (Å²) in [6.45, 7) is 4.14. The molecule has 1 rings (SSSR count). The number of rotatable bonds is 9. The van der Waals surface area contributed by atoms with Gasteiger partial charge in [0.2, 0.25) is 5.91 Å². The van der Waals surface area contributed by atoms with Crippen LogP contribution in [0, 0.1) is 10.1 Å². The molecule has 0 unspecified atom stereocenters. The van der Waals surface area contributed by atoms with Gasteiger partial charge in [0.25, 0.3) is 11.6 Å². The largest absolute Gasteiger partial charge is 0.452 e. The monoisotopic (exact) mass is 377 g/mol. The van der Waals surface area contributed by atoms with Gasteiger partial charge in [-0.15, -0.1) is 0 Å². The molecule has 0 fully saturated rings. The van der Waals surface area contributed by atoms with Crippen molar-refractivity contribution in [2.24, 2.45) is 0 Å². The van der Waals surface area contributed by atoms with E-state index in [-0.39, 0.29) is 23.7 Å². The maximum atomic E-state index is 12.0. The Morgan fingerprint density at radius 2 is 1.78 bits per heavy atom. The van der Waals surface area contributed by atoms with Crippen LogP contribution in [0.5, 0.6) is 0 Å². The normalized spacial score (nSPS) is 10.5. The van der Waals surface area contributed by atoms with E-state index < -0.39 is 23.4 Å². The van der Waals surface area contributed by atoms with Gasteiger partial charge in [0.05, 0.1) is 17.0 Å². The van der Waals surface area contributed by atoms with E-state index in [0.717, 1.165) is 6.08 Å².